The Morgan fingerprint density at radius 1 is 1.24 bits per heavy atom. The summed E-state index contributed by atoms with van der Waals surface area (Å²) < 4.78 is 15.1. The van der Waals surface area contributed by atoms with E-state index in [0.29, 0.717) is 0 Å². The molecule has 1 unspecified atom stereocenters. The van der Waals surface area contributed by atoms with E-state index in [2.05, 4.69) is 4.98 Å². The zero-order valence-electron chi connectivity index (χ0n) is 9.28. The highest BCUT2D eigenvalue weighted by molar-refractivity contribution is 7.89. The van der Waals surface area contributed by atoms with Crippen LogP contribution in [0.1, 0.15) is 0 Å². The first-order chi connectivity index (χ1) is 8.25. The normalized spacial score (nSPS) is 13.1. The Balaban J connectivity index is 2.15. The minimum Gasteiger partial charge on any atom is -0.593 e. The molecule has 0 saturated heterocycles. The van der Waals surface area contributed by atoms with E-state index in [9.17, 15) is 4.55 Å². The van der Waals surface area contributed by atoms with Crippen LogP contribution in [0.3, 0.4) is 0 Å². The lowest BCUT2D eigenvalue weighted by Crippen LogP contribution is -2.08. The van der Waals surface area contributed by atoms with Gasteiger partial charge in [-0.25, -0.2) is 4.98 Å². The van der Waals surface area contributed by atoms with Crippen molar-refractivity contribution in [2.75, 3.05) is 6.26 Å². The second kappa shape index (κ2) is 3.94. The molecule has 17 heavy (non-hydrogen) atoms. The van der Waals surface area contributed by atoms with Crippen LogP contribution in [0.2, 0.25) is 0 Å². The van der Waals surface area contributed by atoms with Gasteiger partial charge in [0.2, 0.25) is 0 Å². The summed E-state index contributed by atoms with van der Waals surface area (Å²) in [5, 5.41) is 0. The van der Waals surface area contributed by atoms with Gasteiger partial charge in [-0.1, -0.05) is 0 Å². The van der Waals surface area contributed by atoms with Crippen molar-refractivity contribution in [2.24, 2.45) is 0 Å². The fraction of sp³-hybridized carbons (Fsp3) is 0.0833. The Morgan fingerprint density at radius 3 is 2.71 bits per heavy atom. The average Bonchev–Trinajstić information content (AvgIpc) is 2.97. The summed E-state index contributed by atoms with van der Waals surface area (Å²) in [4.78, 5) is 4.27. The summed E-state index contributed by atoms with van der Waals surface area (Å²) in [6, 6.07) is 9.87. The van der Waals surface area contributed by atoms with Crippen molar-refractivity contribution >= 4 is 22.4 Å². The lowest BCUT2D eigenvalue weighted by Gasteiger charge is -2.06. The number of hydrogen-bond donors (Lipinski definition) is 0. The van der Waals surface area contributed by atoms with Crippen LogP contribution in [-0.4, -0.2) is 24.3 Å². The van der Waals surface area contributed by atoms with Gasteiger partial charge in [-0.3, -0.25) is 0 Å². The molecule has 86 valence electrons. The molecule has 1 atom stereocenters. The van der Waals surface area contributed by atoms with E-state index >= 15 is 0 Å². The molecule has 0 aliphatic carbocycles. The highest BCUT2D eigenvalue weighted by atomic mass is 32.2. The van der Waals surface area contributed by atoms with Crippen molar-refractivity contribution in [1.82, 2.24) is 13.5 Å². The highest BCUT2D eigenvalue weighted by Crippen LogP contribution is 2.18. The molecule has 5 heteroatoms. The van der Waals surface area contributed by atoms with E-state index in [1.165, 1.54) is 0 Å². The van der Waals surface area contributed by atoms with Gasteiger partial charge >= 0.3 is 0 Å². The molecule has 0 bridgehead atoms. The number of imidazole rings is 1. The molecule has 0 N–H and O–H groups in total. The minimum absolute atomic E-state index is 0.853. The molecule has 0 aliphatic rings. The standard InChI is InChI=1S/C12H11N3OS/c1-17(16)15-9-13-11-8-10(4-5-12(11)15)14-6-2-3-7-14/h2-9H,1H3. The maximum Gasteiger partial charge on any atom is 0.143 e. The van der Waals surface area contributed by atoms with Crippen LogP contribution in [0.15, 0.2) is 49.1 Å². The molecule has 0 fully saturated rings. The summed E-state index contributed by atoms with van der Waals surface area (Å²) in [5.74, 6) is 0. The quantitative estimate of drug-likeness (QED) is 0.648. The van der Waals surface area contributed by atoms with Crippen molar-refractivity contribution < 1.29 is 4.55 Å². The summed E-state index contributed by atoms with van der Waals surface area (Å²) in [5.41, 5.74) is 2.79. The van der Waals surface area contributed by atoms with Crippen molar-refractivity contribution in [3.63, 3.8) is 0 Å². The van der Waals surface area contributed by atoms with Gasteiger partial charge in [0.1, 0.15) is 18.1 Å². The molecule has 2 heterocycles. The molecule has 3 aromatic rings. The number of rotatable bonds is 2. The third kappa shape index (κ3) is 1.73. The maximum absolute atomic E-state index is 11.5. The lowest BCUT2D eigenvalue weighted by atomic mass is 10.3. The molecular weight excluding hydrogens is 234 g/mol. The molecular formula is C12H11N3OS. The summed E-state index contributed by atoms with van der Waals surface area (Å²) in [7, 11) is 0. The molecule has 0 aliphatic heterocycles. The number of fused-ring (bicyclic) bond motifs is 1. The van der Waals surface area contributed by atoms with Gasteiger partial charge in [-0.2, -0.15) is 3.97 Å². The van der Waals surface area contributed by atoms with E-state index in [0.717, 1.165) is 16.7 Å². The molecule has 2 aromatic heterocycles. The average molecular weight is 245 g/mol. The zero-order chi connectivity index (χ0) is 11.8. The Hall–Kier alpha value is -1.72. The van der Waals surface area contributed by atoms with E-state index in [-0.39, 0.29) is 0 Å². The minimum atomic E-state index is -1.07. The van der Waals surface area contributed by atoms with Gasteiger partial charge in [0.05, 0.1) is 16.9 Å². The first-order valence-corrected chi connectivity index (χ1v) is 6.71. The maximum atomic E-state index is 11.5. The van der Waals surface area contributed by atoms with Gasteiger partial charge < -0.3 is 9.12 Å². The van der Waals surface area contributed by atoms with Crippen LogP contribution in [0, 0.1) is 0 Å². The van der Waals surface area contributed by atoms with Gasteiger partial charge in [0, 0.05) is 18.1 Å². The number of benzene rings is 1. The topological polar surface area (TPSA) is 45.8 Å². The van der Waals surface area contributed by atoms with E-state index < -0.39 is 11.4 Å². The fourth-order valence-corrected chi connectivity index (χ4v) is 2.46. The van der Waals surface area contributed by atoms with E-state index in [1.807, 2.05) is 47.3 Å². The highest BCUT2D eigenvalue weighted by Gasteiger charge is 2.09. The monoisotopic (exact) mass is 245 g/mol. The van der Waals surface area contributed by atoms with E-state index in [4.69, 9.17) is 0 Å². The molecule has 1 aromatic carbocycles. The Bertz CT molecular complexity index is 643. The molecule has 0 saturated carbocycles. The molecule has 0 amide bonds. The predicted octanol–water partition coefficient (Wildman–Crippen LogP) is 1.97. The summed E-state index contributed by atoms with van der Waals surface area (Å²) in [6.07, 6.45) is 7.22. The fourth-order valence-electron chi connectivity index (χ4n) is 1.85. The van der Waals surface area contributed by atoms with Gasteiger partial charge in [0.15, 0.2) is 0 Å². The third-order valence-electron chi connectivity index (χ3n) is 2.68. The molecule has 0 radical (unpaired) electrons. The molecule has 0 spiro atoms. The molecule has 3 rings (SSSR count). The largest absolute Gasteiger partial charge is 0.593 e. The Morgan fingerprint density at radius 2 is 2.00 bits per heavy atom. The number of aromatic nitrogens is 3. The Kier molecular flexibility index (Phi) is 2.42. The number of nitrogens with zero attached hydrogens (tertiary/aromatic N) is 3. The smallest absolute Gasteiger partial charge is 0.143 e. The second-order valence-electron chi connectivity index (χ2n) is 3.76. The van der Waals surface area contributed by atoms with Crippen molar-refractivity contribution in [1.29, 1.82) is 0 Å². The van der Waals surface area contributed by atoms with Crippen LogP contribution in [-0.2, 0) is 11.4 Å². The van der Waals surface area contributed by atoms with E-state index in [1.54, 1.807) is 16.6 Å². The van der Waals surface area contributed by atoms with Crippen LogP contribution >= 0.6 is 0 Å². The summed E-state index contributed by atoms with van der Waals surface area (Å²) >= 11 is -1.07. The van der Waals surface area contributed by atoms with Gasteiger partial charge in [-0.05, 0) is 30.3 Å². The van der Waals surface area contributed by atoms with Crippen molar-refractivity contribution in [3.05, 3.63) is 49.1 Å². The molecule has 4 nitrogen and oxygen atoms in total. The van der Waals surface area contributed by atoms with Crippen LogP contribution in [0.4, 0.5) is 0 Å². The van der Waals surface area contributed by atoms with Crippen LogP contribution in [0.5, 0.6) is 0 Å². The van der Waals surface area contributed by atoms with Crippen molar-refractivity contribution in [3.8, 4) is 5.69 Å². The van der Waals surface area contributed by atoms with Crippen LogP contribution in [0.25, 0.3) is 16.7 Å². The van der Waals surface area contributed by atoms with Gasteiger partial charge in [-0.15, -0.1) is 0 Å². The number of hydrogen-bond acceptors (Lipinski definition) is 2. The first kappa shape index (κ1) is 10.4. The first-order valence-electron chi connectivity index (χ1n) is 5.20. The SMILES string of the molecule is C[S+]([O-])n1cnc2cc(-n3cccc3)ccc21. The predicted molar refractivity (Wildman–Crippen MR) is 68.5 cm³/mol. The Labute approximate surface area is 102 Å². The van der Waals surface area contributed by atoms with Gasteiger partial charge in [0.25, 0.3) is 0 Å². The van der Waals surface area contributed by atoms with Crippen LogP contribution < -0.4 is 0 Å². The second-order valence-corrected chi connectivity index (χ2v) is 5.00. The van der Waals surface area contributed by atoms with Crippen molar-refractivity contribution in [2.45, 2.75) is 0 Å². The zero-order valence-corrected chi connectivity index (χ0v) is 10.1. The summed E-state index contributed by atoms with van der Waals surface area (Å²) in [6.45, 7) is 0. The third-order valence-corrected chi connectivity index (χ3v) is 3.52. The lowest BCUT2D eigenvalue weighted by molar-refractivity contribution is 0.593.